The number of nitrogens with zero attached hydrogens (tertiary/aromatic N) is 1. The molecule has 3 rings (SSSR count). The maximum absolute atomic E-state index is 11.3. The molecule has 2 heterocycles. The Balaban J connectivity index is 1.58. The SMILES string of the molecule is NC[C@H]1CN(CCCc2cccc3[nH]c(=O)oc23)CCO1. The van der Waals surface area contributed by atoms with Crippen molar-refractivity contribution >= 4 is 11.1 Å². The lowest BCUT2D eigenvalue weighted by atomic mass is 10.1. The molecule has 0 spiro atoms. The minimum atomic E-state index is -0.392. The number of rotatable bonds is 5. The number of benzene rings is 1. The van der Waals surface area contributed by atoms with Crippen molar-refractivity contribution in [2.75, 3.05) is 32.8 Å². The molecule has 0 radical (unpaired) electrons. The quantitative estimate of drug-likeness (QED) is 0.847. The number of aromatic nitrogens is 1. The van der Waals surface area contributed by atoms with Crippen LogP contribution in [0.15, 0.2) is 27.4 Å². The fourth-order valence-electron chi connectivity index (χ4n) is 2.85. The molecule has 21 heavy (non-hydrogen) atoms. The van der Waals surface area contributed by atoms with E-state index >= 15 is 0 Å². The number of fused-ring (bicyclic) bond motifs is 1. The molecule has 3 N–H and O–H groups in total. The molecule has 6 heteroatoms. The summed E-state index contributed by atoms with van der Waals surface area (Å²) in [4.78, 5) is 16.3. The van der Waals surface area contributed by atoms with Gasteiger partial charge in [0, 0.05) is 19.6 Å². The Morgan fingerprint density at radius 2 is 2.33 bits per heavy atom. The molecule has 0 saturated carbocycles. The summed E-state index contributed by atoms with van der Waals surface area (Å²) in [7, 11) is 0. The first kappa shape index (κ1) is 14.3. The summed E-state index contributed by atoms with van der Waals surface area (Å²) in [5.41, 5.74) is 8.19. The zero-order chi connectivity index (χ0) is 14.7. The molecule has 1 aliphatic rings. The zero-order valence-electron chi connectivity index (χ0n) is 12.0. The van der Waals surface area contributed by atoms with Crippen LogP contribution >= 0.6 is 0 Å². The summed E-state index contributed by atoms with van der Waals surface area (Å²) in [6.07, 6.45) is 2.07. The third kappa shape index (κ3) is 3.34. The van der Waals surface area contributed by atoms with E-state index in [1.165, 1.54) is 0 Å². The van der Waals surface area contributed by atoms with E-state index in [1.807, 2.05) is 18.2 Å². The van der Waals surface area contributed by atoms with Crippen LogP contribution in [-0.4, -0.2) is 48.8 Å². The van der Waals surface area contributed by atoms with Gasteiger partial charge in [-0.1, -0.05) is 12.1 Å². The number of ether oxygens (including phenoxy) is 1. The van der Waals surface area contributed by atoms with E-state index in [1.54, 1.807) is 0 Å². The number of hydrogen-bond acceptors (Lipinski definition) is 5. The van der Waals surface area contributed by atoms with Crippen molar-refractivity contribution in [1.82, 2.24) is 9.88 Å². The molecule has 0 unspecified atom stereocenters. The summed E-state index contributed by atoms with van der Waals surface area (Å²) in [6, 6.07) is 5.82. The molecule has 6 nitrogen and oxygen atoms in total. The molecule has 1 aromatic heterocycles. The largest absolute Gasteiger partial charge is 0.417 e. The number of para-hydroxylation sites is 1. The molecule has 1 aromatic carbocycles. The summed E-state index contributed by atoms with van der Waals surface area (Å²) >= 11 is 0. The number of oxazole rings is 1. The van der Waals surface area contributed by atoms with Crippen LogP contribution in [0, 0.1) is 0 Å². The van der Waals surface area contributed by atoms with Crippen molar-refractivity contribution in [3.8, 4) is 0 Å². The average molecular weight is 291 g/mol. The van der Waals surface area contributed by atoms with Gasteiger partial charge in [-0.15, -0.1) is 0 Å². The van der Waals surface area contributed by atoms with Gasteiger partial charge in [-0.2, -0.15) is 0 Å². The van der Waals surface area contributed by atoms with Gasteiger partial charge in [-0.3, -0.25) is 9.88 Å². The van der Waals surface area contributed by atoms with Crippen LogP contribution in [-0.2, 0) is 11.2 Å². The maximum Gasteiger partial charge on any atom is 0.417 e. The van der Waals surface area contributed by atoms with Gasteiger partial charge in [-0.25, -0.2) is 4.79 Å². The monoisotopic (exact) mass is 291 g/mol. The first-order chi connectivity index (χ1) is 10.3. The van der Waals surface area contributed by atoms with Crippen molar-refractivity contribution in [1.29, 1.82) is 0 Å². The van der Waals surface area contributed by atoms with Crippen LogP contribution < -0.4 is 11.5 Å². The number of nitrogens with two attached hydrogens (primary N) is 1. The van der Waals surface area contributed by atoms with Crippen LogP contribution in [0.25, 0.3) is 11.1 Å². The van der Waals surface area contributed by atoms with Crippen LogP contribution in [0.1, 0.15) is 12.0 Å². The van der Waals surface area contributed by atoms with Gasteiger partial charge in [0.25, 0.3) is 0 Å². The minimum Gasteiger partial charge on any atom is -0.408 e. The summed E-state index contributed by atoms with van der Waals surface area (Å²) in [6.45, 7) is 4.19. The second kappa shape index (κ2) is 6.43. The third-order valence-electron chi connectivity index (χ3n) is 3.93. The number of H-pyrrole nitrogens is 1. The number of hydrogen-bond donors (Lipinski definition) is 2. The topological polar surface area (TPSA) is 84.5 Å². The Kier molecular flexibility index (Phi) is 4.38. The highest BCUT2D eigenvalue weighted by Gasteiger charge is 2.18. The van der Waals surface area contributed by atoms with Crippen molar-refractivity contribution in [2.45, 2.75) is 18.9 Å². The predicted molar refractivity (Wildman–Crippen MR) is 80.4 cm³/mol. The molecule has 1 atom stereocenters. The normalized spacial score (nSPS) is 20.1. The van der Waals surface area contributed by atoms with Gasteiger partial charge in [0.05, 0.1) is 18.2 Å². The van der Waals surface area contributed by atoms with E-state index in [9.17, 15) is 4.79 Å². The minimum absolute atomic E-state index is 0.157. The highest BCUT2D eigenvalue weighted by molar-refractivity contribution is 5.75. The van der Waals surface area contributed by atoms with Gasteiger partial charge in [0.2, 0.25) is 0 Å². The van der Waals surface area contributed by atoms with Crippen molar-refractivity contribution in [3.63, 3.8) is 0 Å². The zero-order valence-corrected chi connectivity index (χ0v) is 12.0. The lowest BCUT2D eigenvalue weighted by molar-refractivity contribution is -0.0232. The standard InChI is InChI=1S/C15H21N3O3/c16-9-12-10-18(7-8-20-12)6-2-4-11-3-1-5-13-14(11)21-15(19)17-13/h1,3,5,12H,2,4,6-10,16H2,(H,17,19)/t12-/m0/s1. The maximum atomic E-state index is 11.3. The van der Waals surface area contributed by atoms with E-state index < -0.39 is 5.76 Å². The fraction of sp³-hybridized carbons (Fsp3) is 0.533. The molecular formula is C15H21N3O3. The first-order valence-electron chi connectivity index (χ1n) is 7.41. The van der Waals surface area contributed by atoms with Crippen LogP contribution in [0.3, 0.4) is 0 Å². The molecule has 0 aliphatic carbocycles. The molecule has 2 aromatic rings. The Morgan fingerprint density at radius 3 is 3.19 bits per heavy atom. The first-order valence-corrected chi connectivity index (χ1v) is 7.41. The lowest BCUT2D eigenvalue weighted by Crippen LogP contribution is -2.45. The summed E-state index contributed by atoms with van der Waals surface area (Å²) in [5, 5.41) is 0. The third-order valence-corrected chi connectivity index (χ3v) is 3.93. The Morgan fingerprint density at radius 1 is 1.43 bits per heavy atom. The average Bonchev–Trinajstić information content (AvgIpc) is 2.88. The van der Waals surface area contributed by atoms with Gasteiger partial charge < -0.3 is 14.9 Å². The van der Waals surface area contributed by atoms with Crippen molar-refractivity contribution < 1.29 is 9.15 Å². The van der Waals surface area contributed by atoms with Gasteiger partial charge in [0.1, 0.15) is 0 Å². The second-order valence-electron chi connectivity index (χ2n) is 5.44. The Hall–Kier alpha value is -1.63. The van der Waals surface area contributed by atoms with E-state index in [0.717, 1.165) is 50.2 Å². The molecule has 114 valence electrons. The van der Waals surface area contributed by atoms with Crippen LogP contribution in [0.2, 0.25) is 0 Å². The molecule has 1 saturated heterocycles. The molecule has 1 fully saturated rings. The molecular weight excluding hydrogens is 270 g/mol. The fourth-order valence-corrected chi connectivity index (χ4v) is 2.85. The van der Waals surface area contributed by atoms with Crippen LogP contribution in [0.5, 0.6) is 0 Å². The van der Waals surface area contributed by atoms with Crippen LogP contribution in [0.4, 0.5) is 0 Å². The van der Waals surface area contributed by atoms with Gasteiger partial charge >= 0.3 is 5.76 Å². The predicted octanol–water partition coefficient (Wildman–Crippen LogP) is 0.713. The van der Waals surface area contributed by atoms with Gasteiger partial charge in [0.15, 0.2) is 5.58 Å². The van der Waals surface area contributed by atoms with E-state index in [4.69, 9.17) is 14.9 Å². The summed E-state index contributed by atoms with van der Waals surface area (Å²) in [5.74, 6) is -0.392. The molecule has 0 amide bonds. The summed E-state index contributed by atoms with van der Waals surface area (Å²) < 4.78 is 10.8. The van der Waals surface area contributed by atoms with E-state index in [-0.39, 0.29) is 6.10 Å². The van der Waals surface area contributed by atoms with Crippen molar-refractivity contribution in [3.05, 3.63) is 34.3 Å². The smallest absolute Gasteiger partial charge is 0.408 e. The second-order valence-corrected chi connectivity index (χ2v) is 5.44. The number of aromatic amines is 1. The molecule has 1 aliphatic heterocycles. The highest BCUT2D eigenvalue weighted by atomic mass is 16.5. The van der Waals surface area contributed by atoms with E-state index in [2.05, 4.69) is 9.88 Å². The van der Waals surface area contributed by atoms with E-state index in [0.29, 0.717) is 12.1 Å². The Bertz CT molecular complexity index is 649. The number of nitrogens with one attached hydrogen (secondary N) is 1. The molecule has 0 bridgehead atoms. The lowest BCUT2D eigenvalue weighted by Gasteiger charge is -2.32. The van der Waals surface area contributed by atoms with Crippen molar-refractivity contribution in [2.24, 2.45) is 5.73 Å². The Labute approximate surface area is 122 Å². The number of morpholine rings is 1. The van der Waals surface area contributed by atoms with Gasteiger partial charge in [-0.05, 0) is 31.0 Å². The highest BCUT2D eigenvalue weighted by Crippen LogP contribution is 2.17. The number of aryl methyl sites for hydroxylation is 1.